The van der Waals surface area contributed by atoms with Gasteiger partial charge < -0.3 is 5.32 Å². The molecule has 2 atom stereocenters. The molecule has 1 N–H and O–H groups in total. The van der Waals surface area contributed by atoms with Crippen molar-refractivity contribution in [2.75, 3.05) is 6.54 Å². The predicted octanol–water partition coefficient (Wildman–Crippen LogP) is 4.03. The normalized spacial score (nSPS) is 22.3. The van der Waals surface area contributed by atoms with Crippen molar-refractivity contribution in [1.82, 2.24) is 15.1 Å². The molecule has 2 unspecified atom stereocenters. The van der Waals surface area contributed by atoms with E-state index >= 15 is 0 Å². The van der Waals surface area contributed by atoms with Crippen molar-refractivity contribution in [1.29, 1.82) is 0 Å². The fourth-order valence-corrected chi connectivity index (χ4v) is 3.29. The molecular weight excluding hydrogens is 258 g/mol. The van der Waals surface area contributed by atoms with Crippen LogP contribution >= 0.6 is 0 Å². The van der Waals surface area contributed by atoms with Gasteiger partial charge in [-0.3, -0.25) is 4.68 Å². The lowest BCUT2D eigenvalue weighted by Gasteiger charge is -2.32. The molecule has 0 amide bonds. The number of benzene rings is 1. The van der Waals surface area contributed by atoms with Crippen molar-refractivity contribution in [3.63, 3.8) is 0 Å². The van der Waals surface area contributed by atoms with Crippen LogP contribution in [0, 0.1) is 0 Å². The monoisotopic (exact) mass is 283 g/mol. The van der Waals surface area contributed by atoms with Gasteiger partial charge in [0.1, 0.15) is 0 Å². The van der Waals surface area contributed by atoms with E-state index in [-0.39, 0.29) is 0 Å². The second-order valence-corrected chi connectivity index (χ2v) is 5.99. The lowest BCUT2D eigenvalue weighted by Crippen LogP contribution is -2.40. The second kappa shape index (κ2) is 6.90. The highest BCUT2D eigenvalue weighted by Gasteiger charge is 2.26. The van der Waals surface area contributed by atoms with Gasteiger partial charge in [-0.15, -0.1) is 0 Å². The molecule has 1 fully saturated rings. The minimum absolute atomic E-state index is 0.503. The summed E-state index contributed by atoms with van der Waals surface area (Å²) in [4.78, 5) is 0. The summed E-state index contributed by atoms with van der Waals surface area (Å²) in [6.07, 6.45) is 10.6. The number of aromatic nitrogens is 2. The number of hydrogen-bond acceptors (Lipinski definition) is 2. The number of rotatable bonds is 5. The van der Waals surface area contributed by atoms with Crippen LogP contribution in [0.1, 0.15) is 45.1 Å². The Morgan fingerprint density at radius 3 is 2.76 bits per heavy atom. The van der Waals surface area contributed by atoms with E-state index in [1.165, 1.54) is 43.2 Å². The lowest BCUT2D eigenvalue weighted by molar-refractivity contribution is 0.247. The minimum atomic E-state index is 0.503. The fraction of sp³-hybridized carbons (Fsp3) is 0.500. The van der Waals surface area contributed by atoms with Crippen molar-refractivity contribution < 1.29 is 0 Å². The highest BCUT2D eigenvalue weighted by Crippen LogP contribution is 2.30. The number of nitrogens with zero attached hydrogens (tertiary/aromatic N) is 2. The standard InChI is InChI=1S/C18H25N3/c1-2-12-19-17-10-6-7-11-18(17)21-14-16(13-20-21)15-8-4-3-5-9-15/h3-5,8-9,13-14,17-19H,2,6-7,10-12H2,1H3. The van der Waals surface area contributed by atoms with Crippen molar-refractivity contribution in [3.05, 3.63) is 42.7 Å². The Hall–Kier alpha value is -1.61. The van der Waals surface area contributed by atoms with Crippen LogP contribution in [0.2, 0.25) is 0 Å². The maximum atomic E-state index is 4.65. The van der Waals surface area contributed by atoms with E-state index in [4.69, 9.17) is 0 Å². The van der Waals surface area contributed by atoms with Crippen LogP contribution in [0.3, 0.4) is 0 Å². The molecule has 2 aromatic rings. The molecule has 3 nitrogen and oxygen atoms in total. The second-order valence-electron chi connectivity index (χ2n) is 5.99. The Morgan fingerprint density at radius 2 is 1.95 bits per heavy atom. The molecule has 21 heavy (non-hydrogen) atoms. The van der Waals surface area contributed by atoms with Gasteiger partial charge in [0.15, 0.2) is 0 Å². The molecule has 3 heteroatoms. The molecule has 0 radical (unpaired) electrons. The van der Waals surface area contributed by atoms with Gasteiger partial charge >= 0.3 is 0 Å². The van der Waals surface area contributed by atoms with Crippen LogP contribution in [-0.4, -0.2) is 22.4 Å². The average molecular weight is 283 g/mol. The van der Waals surface area contributed by atoms with E-state index in [0.29, 0.717) is 12.1 Å². The third-order valence-electron chi connectivity index (χ3n) is 4.43. The third kappa shape index (κ3) is 3.35. The molecule has 1 heterocycles. The molecule has 3 rings (SSSR count). The Kier molecular flexibility index (Phi) is 4.71. The van der Waals surface area contributed by atoms with Crippen molar-refractivity contribution >= 4 is 0 Å². The van der Waals surface area contributed by atoms with Crippen molar-refractivity contribution in [3.8, 4) is 11.1 Å². The maximum Gasteiger partial charge on any atom is 0.0672 e. The highest BCUT2D eigenvalue weighted by molar-refractivity contribution is 5.61. The van der Waals surface area contributed by atoms with E-state index in [9.17, 15) is 0 Å². The summed E-state index contributed by atoms with van der Waals surface area (Å²) in [5.41, 5.74) is 2.47. The summed E-state index contributed by atoms with van der Waals surface area (Å²) in [5, 5.41) is 8.36. The average Bonchev–Trinajstić information content (AvgIpc) is 3.04. The first-order chi connectivity index (χ1) is 10.4. The number of nitrogens with one attached hydrogen (secondary N) is 1. The Balaban J connectivity index is 1.77. The molecular formula is C18H25N3. The first kappa shape index (κ1) is 14.3. The van der Waals surface area contributed by atoms with Crippen LogP contribution < -0.4 is 5.32 Å². The SMILES string of the molecule is CCCNC1CCCCC1n1cc(-c2ccccc2)cn1. The molecule has 1 aromatic carbocycles. The summed E-state index contributed by atoms with van der Waals surface area (Å²) >= 11 is 0. The third-order valence-corrected chi connectivity index (χ3v) is 4.43. The highest BCUT2D eigenvalue weighted by atomic mass is 15.3. The van der Waals surface area contributed by atoms with Gasteiger partial charge in [-0.25, -0.2) is 0 Å². The zero-order valence-electron chi connectivity index (χ0n) is 12.8. The molecule has 1 saturated carbocycles. The molecule has 0 saturated heterocycles. The van der Waals surface area contributed by atoms with Crippen LogP contribution in [0.4, 0.5) is 0 Å². The molecule has 0 aliphatic heterocycles. The number of hydrogen-bond donors (Lipinski definition) is 1. The van der Waals surface area contributed by atoms with Crippen LogP contribution in [0.5, 0.6) is 0 Å². The first-order valence-corrected chi connectivity index (χ1v) is 8.21. The summed E-state index contributed by atoms with van der Waals surface area (Å²) in [6, 6.07) is 11.6. The molecule has 1 aliphatic carbocycles. The Labute approximate surface area is 127 Å². The molecule has 1 aliphatic rings. The van der Waals surface area contributed by atoms with E-state index < -0.39 is 0 Å². The van der Waals surface area contributed by atoms with E-state index in [1.807, 2.05) is 6.20 Å². The molecule has 0 bridgehead atoms. The van der Waals surface area contributed by atoms with Gasteiger partial charge in [0.05, 0.1) is 12.2 Å². The van der Waals surface area contributed by atoms with Gasteiger partial charge in [0.2, 0.25) is 0 Å². The minimum Gasteiger partial charge on any atom is -0.312 e. The van der Waals surface area contributed by atoms with E-state index in [1.54, 1.807) is 0 Å². The van der Waals surface area contributed by atoms with Crippen molar-refractivity contribution in [2.45, 2.75) is 51.1 Å². The largest absolute Gasteiger partial charge is 0.312 e. The molecule has 112 valence electrons. The topological polar surface area (TPSA) is 29.9 Å². The zero-order chi connectivity index (χ0) is 14.5. The van der Waals surface area contributed by atoms with Gasteiger partial charge in [-0.2, -0.15) is 5.10 Å². The maximum absolute atomic E-state index is 4.65. The quantitative estimate of drug-likeness (QED) is 0.897. The lowest BCUT2D eigenvalue weighted by atomic mass is 9.90. The van der Waals surface area contributed by atoms with Crippen LogP contribution in [0.25, 0.3) is 11.1 Å². The summed E-state index contributed by atoms with van der Waals surface area (Å²) in [7, 11) is 0. The van der Waals surface area contributed by atoms with Crippen LogP contribution in [0.15, 0.2) is 42.7 Å². The molecule has 1 aromatic heterocycles. The van der Waals surface area contributed by atoms with Crippen LogP contribution in [-0.2, 0) is 0 Å². The Bertz CT molecular complexity index is 547. The van der Waals surface area contributed by atoms with Crippen molar-refractivity contribution in [2.24, 2.45) is 0 Å². The van der Waals surface area contributed by atoms with E-state index in [2.05, 4.69) is 58.5 Å². The van der Waals surface area contributed by atoms with Gasteiger partial charge in [-0.05, 0) is 31.4 Å². The molecule has 0 spiro atoms. The first-order valence-electron chi connectivity index (χ1n) is 8.21. The van der Waals surface area contributed by atoms with Gasteiger partial charge in [0.25, 0.3) is 0 Å². The smallest absolute Gasteiger partial charge is 0.0672 e. The summed E-state index contributed by atoms with van der Waals surface area (Å²) < 4.78 is 2.19. The fourth-order valence-electron chi connectivity index (χ4n) is 3.29. The van der Waals surface area contributed by atoms with Gasteiger partial charge in [0, 0.05) is 17.8 Å². The zero-order valence-corrected chi connectivity index (χ0v) is 12.8. The predicted molar refractivity (Wildman–Crippen MR) is 87.2 cm³/mol. The Morgan fingerprint density at radius 1 is 1.14 bits per heavy atom. The summed E-state index contributed by atoms with van der Waals surface area (Å²) in [5.74, 6) is 0. The van der Waals surface area contributed by atoms with E-state index in [0.717, 1.165) is 6.54 Å². The van der Waals surface area contributed by atoms with Gasteiger partial charge in [-0.1, -0.05) is 50.1 Å². The summed E-state index contributed by atoms with van der Waals surface area (Å²) in [6.45, 7) is 3.33.